The van der Waals surface area contributed by atoms with E-state index in [1.165, 1.54) is 19.3 Å². The van der Waals surface area contributed by atoms with E-state index in [0.29, 0.717) is 38.5 Å². The van der Waals surface area contributed by atoms with Crippen LogP contribution in [0.4, 0.5) is 0 Å². The Morgan fingerprint density at radius 1 is 1.11 bits per heavy atom. The highest BCUT2D eigenvalue weighted by molar-refractivity contribution is 5.75. The Hall–Kier alpha value is -1.10. The van der Waals surface area contributed by atoms with E-state index in [0.717, 1.165) is 12.8 Å². The summed E-state index contributed by atoms with van der Waals surface area (Å²) in [5.74, 6) is -0.820. The van der Waals surface area contributed by atoms with Crippen molar-refractivity contribution in [3.8, 4) is 0 Å². The molecule has 19 heavy (non-hydrogen) atoms. The lowest BCUT2D eigenvalue weighted by atomic mass is 9.98. The van der Waals surface area contributed by atoms with Crippen LogP contribution in [0.5, 0.6) is 0 Å². The predicted molar refractivity (Wildman–Crippen MR) is 71.9 cm³/mol. The molecule has 0 aromatic heterocycles. The second kappa shape index (κ2) is 9.78. The molecule has 5 heteroatoms. The van der Waals surface area contributed by atoms with Crippen molar-refractivity contribution >= 4 is 11.9 Å². The van der Waals surface area contributed by atoms with Gasteiger partial charge in [0.2, 0.25) is 5.91 Å². The van der Waals surface area contributed by atoms with Gasteiger partial charge in [-0.15, -0.1) is 0 Å². The van der Waals surface area contributed by atoms with Gasteiger partial charge in [-0.05, 0) is 25.7 Å². The fraction of sp³-hybridized carbons (Fsp3) is 0.857. The van der Waals surface area contributed by atoms with Crippen molar-refractivity contribution < 1.29 is 19.4 Å². The second-order valence-corrected chi connectivity index (χ2v) is 5.08. The molecular weight excluding hydrogens is 246 g/mol. The minimum atomic E-state index is -0.804. The molecule has 5 nitrogen and oxygen atoms in total. The lowest BCUT2D eigenvalue weighted by Crippen LogP contribution is -2.29. The van der Waals surface area contributed by atoms with Gasteiger partial charge in [-0.3, -0.25) is 9.59 Å². The third kappa shape index (κ3) is 8.59. The lowest BCUT2D eigenvalue weighted by Gasteiger charge is -2.21. The fourth-order valence-electron chi connectivity index (χ4n) is 2.30. The summed E-state index contributed by atoms with van der Waals surface area (Å²) in [5.41, 5.74) is 0. The van der Waals surface area contributed by atoms with Crippen molar-refractivity contribution in [1.29, 1.82) is 0 Å². The van der Waals surface area contributed by atoms with E-state index in [2.05, 4.69) is 5.32 Å². The van der Waals surface area contributed by atoms with Crippen LogP contribution in [0.25, 0.3) is 0 Å². The zero-order chi connectivity index (χ0) is 13.9. The number of aliphatic carboxylic acids is 1. The number of carboxylic acids is 1. The highest BCUT2D eigenvalue weighted by atomic mass is 16.5. The standard InChI is InChI=1S/C14H25NO4/c16-13(8-4-5-9-14(17)18)15-10-11-19-12-6-2-1-3-7-12/h12H,1-11H2,(H,15,16)(H,17,18). The van der Waals surface area contributed by atoms with E-state index in [1.54, 1.807) is 0 Å². The minimum absolute atomic E-state index is 0.0161. The van der Waals surface area contributed by atoms with Crippen LogP contribution in [0.3, 0.4) is 0 Å². The smallest absolute Gasteiger partial charge is 0.303 e. The number of nitrogens with one attached hydrogen (secondary N) is 1. The Balaban J connectivity index is 1.90. The molecule has 0 heterocycles. The zero-order valence-electron chi connectivity index (χ0n) is 11.5. The van der Waals surface area contributed by atoms with Crippen molar-refractivity contribution in [3.05, 3.63) is 0 Å². The molecule has 0 bridgehead atoms. The molecule has 0 spiro atoms. The Morgan fingerprint density at radius 3 is 2.47 bits per heavy atom. The average Bonchev–Trinajstić information content (AvgIpc) is 2.41. The van der Waals surface area contributed by atoms with E-state index in [9.17, 15) is 9.59 Å². The fourth-order valence-corrected chi connectivity index (χ4v) is 2.30. The summed E-state index contributed by atoms with van der Waals surface area (Å²) >= 11 is 0. The molecule has 2 N–H and O–H groups in total. The maximum atomic E-state index is 11.4. The zero-order valence-corrected chi connectivity index (χ0v) is 11.5. The Labute approximate surface area is 114 Å². The number of amides is 1. The van der Waals surface area contributed by atoms with Gasteiger partial charge >= 0.3 is 5.97 Å². The quantitative estimate of drug-likeness (QED) is 0.630. The highest BCUT2D eigenvalue weighted by Gasteiger charge is 2.13. The van der Waals surface area contributed by atoms with Crippen molar-refractivity contribution in [2.45, 2.75) is 63.9 Å². The maximum Gasteiger partial charge on any atom is 0.303 e. The van der Waals surface area contributed by atoms with Crippen molar-refractivity contribution in [2.75, 3.05) is 13.2 Å². The van der Waals surface area contributed by atoms with Crippen molar-refractivity contribution in [1.82, 2.24) is 5.32 Å². The van der Waals surface area contributed by atoms with Crippen LogP contribution in [0.2, 0.25) is 0 Å². The van der Waals surface area contributed by atoms with Crippen molar-refractivity contribution in [2.24, 2.45) is 0 Å². The van der Waals surface area contributed by atoms with Gasteiger partial charge in [0.15, 0.2) is 0 Å². The molecule has 0 aromatic rings. The molecule has 0 atom stereocenters. The maximum absolute atomic E-state index is 11.4. The van der Waals surface area contributed by atoms with Gasteiger partial charge in [0.05, 0.1) is 12.7 Å². The third-order valence-corrected chi connectivity index (χ3v) is 3.37. The van der Waals surface area contributed by atoms with Gasteiger partial charge in [-0.25, -0.2) is 0 Å². The number of carbonyl (C=O) groups excluding carboxylic acids is 1. The predicted octanol–water partition coefficient (Wildman–Crippen LogP) is 2.10. The molecule has 0 unspecified atom stereocenters. The van der Waals surface area contributed by atoms with Gasteiger partial charge in [0, 0.05) is 19.4 Å². The number of hydrogen-bond donors (Lipinski definition) is 2. The molecule has 0 saturated heterocycles. The molecule has 0 radical (unpaired) electrons. The first-order valence-electron chi connectivity index (χ1n) is 7.28. The number of carbonyl (C=O) groups is 2. The third-order valence-electron chi connectivity index (χ3n) is 3.37. The summed E-state index contributed by atoms with van der Waals surface area (Å²) in [5, 5.41) is 11.3. The lowest BCUT2D eigenvalue weighted by molar-refractivity contribution is -0.137. The minimum Gasteiger partial charge on any atom is -0.481 e. The Bertz CT molecular complexity index is 275. The summed E-state index contributed by atoms with van der Waals surface area (Å²) in [7, 11) is 0. The van der Waals surface area contributed by atoms with Gasteiger partial charge in [-0.2, -0.15) is 0 Å². The van der Waals surface area contributed by atoms with Crippen molar-refractivity contribution in [3.63, 3.8) is 0 Å². The molecule has 1 aliphatic carbocycles. The van der Waals surface area contributed by atoms with Crippen LogP contribution in [-0.4, -0.2) is 36.2 Å². The highest BCUT2D eigenvalue weighted by Crippen LogP contribution is 2.19. The van der Waals surface area contributed by atoms with Gasteiger partial charge in [0.1, 0.15) is 0 Å². The molecule has 1 rings (SSSR count). The van der Waals surface area contributed by atoms with Gasteiger partial charge in [-0.1, -0.05) is 19.3 Å². The second-order valence-electron chi connectivity index (χ2n) is 5.08. The SMILES string of the molecule is O=C(O)CCCCC(=O)NCCOC1CCCCC1. The van der Waals surface area contributed by atoms with Crippen LogP contribution in [-0.2, 0) is 14.3 Å². The first kappa shape index (κ1) is 16.0. The van der Waals surface area contributed by atoms with Crippen LogP contribution >= 0.6 is 0 Å². The summed E-state index contributed by atoms with van der Waals surface area (Å²) in [6.45, 7) is 1.12. The summed E-state index contributed by atoms with van der Waals surface area (Å²) in [6.07, 6.45) is 8.19. The summed E-state index contributed by atoms with van der Waals surface area (Å²) < 4.78 is 5.70. The Kier molecular flexibility index (Phi) is 8.21. The van der Waals surface area contributed by atoms with Gasteiger partial charge < -0.3 is 15.2 Å². The first-order valence-corrected chi connectivity index (χ1v) is 7.28. The Morgan fingerprint density at radius 2 is 1.79 bits per heavy atom. The first-order chi connectivity index (χ1) is 9.18. The summed E-state index contributed by atoms with van der Waals surface area (Å²) in [6, 6.07) is 0. The summed E-state index contributed by atoms with van der Waals surface area (Å²) in [4.78, 5) is 21.7. The van der Waals surface area contributed by atoms with E-state index < -0.39 is 5.97 Å². The molecule has 0 aliphatic heterocycles. The van der Waals surface area contributed by atoms with E-state index in [1.807, 2.05) is 0 Å². The monoisotopic (exact) mass is 271 g/mol. The molecular formula is C14H25NO4. The number of carboxylic acid groups (broad SMARTS) is 1. The number of ether oxygens (including phenoxy) is 1. The molecule has 110 valence electrons. The van der Waals surface area contributed by atoms with Crippen LogP contribution in [0.1, 0.15) is 57.8 Å². The van der Waals surface area contributed by atoms with Gasteiger partial charge in [0.25, 0.3) is 0 Å². The molecule has 1 aliphatic rings. The normalized spacial score (nSPS) is 16.2. The molecule has 0 aromatic carbocycles. The largest absolute Gasteiger partial charge is 0.481 e. The van der Waals surface area contributed by atoms with Crippen LogP contribution < -0.4 is 5.32 Å². The average molecular weight is 271 g/mol. The number of rotatable bonds is 9. The molecule has 1 saturated carbocycles. The van der Waals surface area contributed by atoms with Crippen LogP contribution in [0.15, 0.2) is 0 Å². The van der Waals surface area contributed by atoms with E-state index >= 15 is 0 Å². The number of hydrogen-bond acceptors (Lipinski definition) is 3. The van der Waals surface area contributed by atoms with E-state index in [4.69, 9.17) is 9.84 Å². The van der Waals surface area contributed by atoms with Crippen LogP contribution in [0, 0.1) is 0 Å². The topological polar surface area (TPSA) is 75.6 Å². The number of unbranched alkanes of at least 4 members (excludes halogenated alkanes) is 1. The molecule has 1 amide bonds. The van der Waals surface area contributed by atoms with E-state index in [-0.39, 0.29) is 12.3 Å². The molecule has 1 fully saturated rings.